The first-order valence-corrected chi connectivity index (χ1v) is 10.5. The summed E-state index contributed by atoms with van der Waals surface area (Å²) in [7, 11) is 5.84. The number of esters is 1. The third-order valence-corrected chi connectivity index (χ3v) is 4.98. The van der Waals surface area contributed by atoms with Gasteiger partial charge in [-0.3, -0.25) is 4.79 Å². The van der Waals surface area contributed by atoms with E-state index in [-0.39, 0.29) is 17.2 Å². The molecule has 0 atom stereocenters. The molecule has 0 bridgehead atoms. The number of hydrazone groups is 1. The molecule has 0 radical (unpaired) electrons. The van der Waals surface area contributed by atoms with Crippen LogP contribution in [0, 0.1) is 6.92 Å². The number of hydrogen-bond donors (Lipinski definition) is 1. The molecule has 0 aliphatic carbocycles. The molecule has 3 aromatic rings. The summed E-state index contributed by atoms with van der Waals surface area (Å²) in [6.45, 7) is 1.94. The molecule has 182 valence electrons. The summed E-state index contributed by atoms with van der Waals surface area (Å²) in [6.07, 6.45) is 1.46. The van der Waals surface area contributed by atoms with E-state index in [4.69, 9.17) is 23.7 Å². The van der Waals surface area contributed by atoms with E-state index in [1.165, 1.54) is 46.8 Å². The second-order valence-electron chi connectivity index (χ2n) is 7.28. The van der Waals surface area contributed by atoms with Crippen LogP contribution in [0.15, 0.2) is 59.7 Å². The number of carbonyl (C=O) groups is 2. The molecule has 0 aliphatic heterocycles. The van der Waals surface area contributed by atoms with E-state index >= 15 is 0 Å². The first kappa shape index (κ1) is 25.1. The maximum atomic E-state index is 12.8. The van der Waals surface area contributed by atoms with Gasteiger partial charge in [-0.1, -0.05) is 17.7 Å². The lowest BCUT2D eigenvalue weighted by atomic mass is 10.1. The number of benzene rings is 3. The average Bonchev–Trinajstić information content (AvgIpc) is 2.88. The fourth-order valence-electron chi connectivity index (χ4n) is 3.14. The van der Waals surface area contributed by atoms with Crippen LogP contribution in [0.25, 0.3) is 0 Å². The standard InChI is InChI=1S/C26H26N2O7/c1-16-6-9-18(10-7-16)25(29)28-27-15-17-8-11-20(21(12-17)31-2)35-26(30)19-13-22(32-3)24(34-5)23(14-19)33-4/h6-15H,1-5H3,(H,28,29). The lowest BCUT2D eigenvalue weighted by Gasteiger charge is -2.14. The first-order valence-electron chi connectivity index (χ1n) is 10.5. The van der Waals surface area contributed by atoms with E-state index in [2.05, 4.69) is 10.5 Å². The Labute approximate surface area is 203 Å². The highest BCUT2D eigenvalue weighted by Gasteiger charge is 2.19. The van der Waals surface area contributed by atoms with Crippen molar-refractivity contribution >= 4 is 18.1 Å². The molecule has 35 heavy (non-hydrogen) atoms. The van der Waals surface area contributed by atoms with E-state index < -0.39 is 5.97 Å². The fraction of sp³-hybridized carbons (Fsp3) is 0.192. The molecule has 0 saturated carbocycles. The van der Waals surface area contributed by atoms with E-state index in [0.29, 0.717) is 34.1 Å². The summed E-state index contributed by atoms with van der Waals surface area (Å²) in [5.41, 5.74) is 4.86. The number of rotatable bonds is 9. The quantitative estimate of drug-likeness (QED) is 0.214. The van der Waals surface area contributed by atoms with Crippen molar-refractivity contribution in [3.63, 3.8) is 0 Å². The van der Waals surface area contributed by atoms with Crippen molar-refractivity contribution < 1.29 is 33.3 Å². The van der Waals surface area contributed by atoms with Crippen LogP contribution in [0.3, 0.4) is 0 Å². The lowest BCUT2D eigenvalue weighted by molar-refractivity contribution is 0.0728. The van der Waals surface area contributed by atoms with Gasteiger partial charge in [0.25, 0.3) is 5.91 Å². The molecule has 0 unspecified atom stereocenters. The van der Waals surface area contributed by atoms with Crippen molar-refractivity contribution in [3.8, 4) is 28.7 Å². The van der Waals surface area contributed by atoms with Gasteiger partial charge in [0.2, 0.25) is 5.75 Å². The van der Waals surface area contributed by atoms with Gasteiger partial charge in [0.15, 0.2) is 23.0 Å². The van der Waals surface area contributed by atoms with Gasteiger partial charge in [-0.05, 0) is 55.0 Å². The Balaban J connectivity index is 1.73. The summed E-state index contributed by atoms with van der Waals surface area (Å²) in [5.74, 6) is 0.544. The molecular weight excluding hydrogens is 452 g/mol. The molecule has 0 aromatic heterocycles. The second-order valence-corrected chi connectivity index (χ2v) is 7.28. The van der Waals surface area contributed by atoms with Gasteiger partial charge >= 0.3 is 5.97 Å². The van der Waals surface area contributed by atoms with Gasteiger partial charge in [0.05, 0.1) is 40.2 Å². The van der Waals surface area contributed by atoms with Gasteiger partial charge in [-0.15, -0.1) is 0 Å². The van der Waals surface area contributed by atoms with Crippen molar-refractivity contribution in [3.05, 3.63) is 76.9 Å². The smallest absolute Gasteiger partial charge is 0.343 e. The number of hydrogen-bond acceptors (Lipinski definition) is 8. The minimum absolute atomic E-state index is 0.200. The van der Waals surface area contributed by atoms with Crippen LogP contribution in [0.5, 0.6) is 28.7 Å². The van der Waals surface area contributed by atoms with Gasteiger partial charge in [-0.2, -0.15) is 5.10 Å². The summed E-state index contributed by atoms with van der Waals surface area (Å²) < 4.78 is 26.7. The summed E-state index contributed by atoms with van der Waals surface area (Å²) in [6, 6.07) is 15.0. The Kier molecular flexibility index (Phi) is 8.29. The normalized spacial score (nSPS) is 10.5. The summed E-state index contributed by atoms with van der Waals surface area (Å²) >= 11 is 0. The molecule has 9 nitrogen and oxygen atoms in total. The van der Waals surface area contributed by atoms with Crippen molar-refractivity contribution in [1.82, 2.24) is 5.43 Å². The van der Waals surface area contributed by atoms with Crippen LogP contribution in [0.4, 0.5) is 0 Å². The highest BCUT2D eigenvalue weighted by Crippen LogP contribution is 2.38. The predicted molar refractivity (Wildman–Crippen MR) is 130 cm³/mol. The first-order chi connectivity index (χ1) is 16.9. The van der Waals surface area contributed by atoms with Crippen LogP contribution in [-0.2, 0) is 0 Å². The summed E-state index contributed by atoms with van der Waals surface area (Å²) in [4.78, 5) is 25.0. The third kappa shape index (κ3) is 6.08. The largest absolute Gasteiger partial charge is 0.493 e. The van der Waals surface area contributed by atoms with Crippen LogP contribution in [0.2, 0.25) is 0 Å². The minimum Gasteiger partial charge on any atom is -0.493 e. The SMILES string of the molecule is COc1cc(C=NNC(=O)c2ccc(C)cc2)ccc1OC(=O)c1cc(OC)c(OC)c(OC)c1. The Hall–Kier alpha value is -4.53. The molecule has 3 rings (SSSR count). The zero-order valence-electron chi connectivity index (χ0n) is 20.1. The highest BCUT2D eigenvalue weighted by atomic mass is 16.6. The fourth-order valence-corrected chi connectivity index (χ4v) is 3.14. The molecule has 0 fully saturated rings. The van der Waals surface area contributed by atoms with Crippen molar-refractivity contribution in [2.75, 3.05) is 28.4 Å². The number of amides is 1. The maximum absolute atomic E-state index is 12.8. The molecule has 9 heteroatoms. The van der Waals surface area contributed by atoms with Crippen LogP contribution in [0.1, 0.15) is 31.8 Å². The van der Waals surface area contributed by atoms with Crippen LogP contribution < -0.4 is 29.1 Å². The molecular formula is C26H26N2O7. The highest BCUT2D eigenvalue weighted by molar-refractivity contribution is 5.95. The van der Waals surface area contributed by atoms with Gasteiger partial charge in [0, 0.05) is 5.56 Å². The third-order valence-electron chi connectivity index (χ3n) is 4.98. The number of aryl methyl sites for hydroxylation is 1. The van der Waals surface area contributed by atoms with Gasteiger partial charge in [-0.25, -0.2) is 10.2 Å². The minimum atomic E-state index is -0.644. The number of nitrogens with one attached hydrogen (secondary N) is 1. The Morgan fingerprint density at radius 2 is 1.37 bits per heavy atom. The van der Waals surface area contributed by atoms with Crippen molar-refractivity contribution in [2.45, 2.75) is 6.92 Å². The van der Waals surface area contributed by atoms with Gasteiger partial charge in [0.1, 0.15) is 0 Å². The number of carbonyl (C=O) groups excluding carboxylic acids is 2. The Morgan fingerprint density at radius 3 is 1.94 bits per heavy atom. The molecule has 1 N–H and O–H groups in total. The Morgan fingerprint density at radius 1 is 0.743 bits per heavy atom. The lowest BCUT2D eigenvalue weighted by Crippen LogP contribution is -2.17. The van der Waals surface area contributed by atoms with Crippen LogP contribution >= 0.6 is 0 Å². The second kappa shape index (κ2) is 11.6. The van der Waals surface area contributed by atoms with E-state index in [0.717, 1.165) is 5.56 Å². The predicted octanol–water partition coefficient (Wildman–Crippen LogP) is 4.01. The zero-order valence-corrected chi connectivity index (χ0v) is 20.1. The number of methoxy groups -OCH3 is 4. The van der Waals surface area contributed by atoms with Crippen molar-refractivity contribution in [1.29, 1.82) is 0 Å². The molecule has 0 saturated heterocycles. The Bertz CT molecular complexity index is 1210. The monoisotopic (exact) mass is 478 g/mol. The van der Waals surface area contributed by atoms with E-state index in [9.17, 15) is 9.59 Å². The van der Waals surface area contributed by atoms with Crippen molar-refractivity contribution in [2.24, 2.45) is 5.10 Å². The van der Waals surface area contributed by atoms with E-state index in [1.54, 1.807) is 30.3 Å². The molecule has 3 aromatic carbocycles. The number of nitrogens with zero attached hydrogens (tertiary/aromatic N) is 1. The van der Waals surface area contributed by atoms with Crippen LogP contribution in [-0.4, -0.2) is 46.5 Å². The topological polar surface area (TPSA) is 105 Å². The number of ether oxygens (including phenoxy) is 5. The molecule has 0 spiro atoms. The molecule has 1 amide bonds. The van der Waals surface area contributed by atoms with E-state index in [1.807, 2.05) is 19.1 Å². The zero-order chi connectivity index (χ0) is 25.4. The maximum Gasteiger partial charge on any atom is 0.343 e. The van der Waals surface area contributed by atoms with Gasteiger partial charge < -0.3 is 23.7 Å². The summed E-state index contributed by atoms with van der Waals surface area (Å²) in [5, 5.41) is 3.98. The average molecular weight is 479 g/mol. The molecule has 0 aliphatic rings. The molecule has 0 heterocycles.